The van der Waals surface area contributed by atoms with Crippen LogP contribution in [0.15, 0.2) is 41.6 Å². The van der Waals surface area contributed by atoms with Gasteiger partial charge in [-0.2, -0.15) is 4.37 Å². The Balaban J connectivity index is 1.66. The van der Waals surface area contributed by atoms with Gasteiger partial charge in [0.1, 0.15) is 22.9 Å². The molecule has 1 aromatic heterocycles. The van der Waals surface area contributed by atoms with E-state index in [9.17, 15) is 17.2 Å². The molecule has 0 aliphatic rings. The zero-order valence-electron chi connectivity index (χ0n) is 17.7. The summed E-state index contributed by atoms with van der Waals surface area (Å²) >= 11 is 6.88. The van der Waals surface area contributed by atoms with E-state index < -0.39 is 26.6 Å². The summed E-state index contributed by atoms with van der Waals surface area (Å²) in [6.45, 7) is 4.67. The summed E-state index contributed by atoms with van der Waals surface area (Å²) in [4.78, 5) is 2.86. The third-order valence-corrected chi connectivity index (χ3v) is 6.84. The number of anilines is 3. The van der Waals surface area contributed by atoms with Crippen LogP contribution < -0.4 is 20.7 Å². The van der Waals surface area contributed by atoms with Crippen molar-refractivity contribution in [3.8, 4) is 0 Å². The number of aromatic nitrogens is 2. The van der Waals surface area contributed by atoms with E-state index >= 15 is 0 Å². The fourth-order valence-corrected chi connectivity index (χ4v) is 4.89. The van der Waals surface area contributed by atoms with Gasteiger partial charge >= 0.3 is 0 Å². The van der Waals surface area contributed by atoms with Crippen LogP contribution in [0.1, 0.15) is 12.5 Å². The zero-order valence-corrected chi connectivity index (χ0v) is 20.0. The van der Waals surface area contributed by atoms with Crippen LogP contribution in [-0.4, -0.2) is 44.0 Å². The predicted octanol–water partition coefficient (Wildman–Crippen LogP) is 3.95. The van der Waals surface area contributed by atoms with Crippen LogP contribution in [0.4, 0.5) is 25.3 Å². The van der Waals surface area contributed by atoms with Crippen LogP contribution in [0.3, 0.4) is 0 Å². The smallest absolute Gasteiger partial charge is 0.266 e. The van der Waals surface area contributed by atoms with E-state index in [-0.39, 0.29) is 17.4 Å². The highest BCUT2D eigenvalue weighted by atomic mass is 35.5. The Bertz CT molecular complexity index is 1180. The van der Waals surface area contributed by atoms with Crippen LogP contribution in [0.5, 0.6) is 0 Å². The lowest BCUT2D eigenvalue weighted by molar-refractivity contribution is 0.557. The monoisotopic (exact) mass is 516 g/mol. The normalized spacial score (nSPS) is 11.4. The zero-order chi connectivity index (χ0) is 23.8. The van der Waals surface area contributed by atoms with Gasteiger partial charge in [0, 0.05) is 47.9 Å². The van der Waals surface area contributed by atoms with Crippen molar-refractivity contribution in [1.82, 2.24) is 14.7 Å². The molecule has 0 fully saturated rings. The SMILES string of the molecule is CCNCCNc1cc(Cl)ccc1CCNc1cc(F)c(S(=O)(=O)Nc2ncns2)cc1F. The van der Waals surface area contributed by atoms with Gasteiger partial charge in [-0.15, -0.1) is 0 Å². The van der Waals surface area contributed by atoms with Gasteiger partial charge in [0.05, 0.1) is 5.69 Å². The average Bonchev–Trinajstić information content (AvgIpc) is 3.27. The van der Waals surface area contributed by atoms with Crippen molar-refractivity contribution in [3.05, 3.63) is 58.9 Å². The van der Waals surface area contributed by atoms with Crippen molar-refractivity contribution >= 4 is 49.7 Å². The van der Waals surface area contributed by atoms with Crippen LogP contribution >= 0.6 is 23.1 Å². The number of hydrogen-bond acceptors (Lipinski definition) is 8. The van der Waals surface area contributed by atoms with E-state index in [1.807, 2.05) is 19.1 Å². The summed E-state index contributed by atoms with van der Waals surface area (Å²) in [5.41, 5.74) is 1.67. The van der Waals surface area contributed by atoms with Gasteiger partial charge in [0.2, 0.25) is 5.13 Å². The third kappa shape index (κ3) is 6.97. The second kappa shape index (κ2) is 11.5. The fourth-order valence-electron chi connectivity index (χ4n) is 2.98. The Kier molecular flexibility index (Phi) is 8.78. The molecule has 13 heteroatoms. The van der Waals surface area contributed by atoms with Gasteiger partial charge < -0.3 is 16.0 Å². The van der Waals surface area contributed by atoms with E-state index in [0.717, 1.165) is 48.3 Å². The van der Waals surface area contributed by atoms with Crippen molar-refractivity contribution in [2.45, 2.75) is 18.2 Å². The summed E-state index contributed by atoms with van der Waals surface area (Å²) in [6, 6.07) is 6.90. The molecule has 178 valence electrons. The van der Waals surface area contributed by atoms with Crippen molar-refractivity contribution in [1.29, 1.82) is 0 Å². The first kappa shape index (κ1) is 25.1. The lowest BCUT2D eigenvalue weighted by Gasteiger charge is -2.14. The van der Waals surface area contributed by atoms with Crippen molar-refractivity contribution < 1.29 is 17.2 Å². The summed E-state index contributed by atoms with van der Waals surface area (Å²) in [6.07, 6.45) is 1.65. The van der Waals surface area contributed by atoms with E-state index in [1.54, 1.807) is 6.07 Å². The average molecular weight is 517 g/mol. The van der Waals surface area contributed by atoms with Gasteiger partial charge in [0.15, 0.2) is 0 Å². The molecule has 0 aliphatic heterocycles. The second-order valence-corrected chi connectivity index (χ2v) is 9.74. The van der Waals surface area contributed by atoms with Gasteiger partial charge in [-0.05, 0) is 36.7 Å². The van der Waals surface area contributed by atoms with Gasteiger partial charge in [-0.3, -0.25) is 4.72 Å². The number of benzene rings is 2. The summed E-state index contributed by atoms with van der Waals surface area (Å²) < 4.78 is 59.5. The molecule has 3 aromatic rings. The molecular weight excluding hydrogens is 494 g/mol. The van der Waals surface area contributed by atoms with Crippen LogP contribution in [0.2, 0.25) is 5.02 Å². The van der Waals surface area contributed by atoms with Gasteiger partial charge in [-0.1, -0.05) is 24.6 Å². The number of likely N-dealkylation sites (N-methyl/N-ethyl adjacent to an activating group) is 1. The molecule has 0 aliphatic carbocycles. The van der Waals surface area contributed by atoms with Crippen LogP contribution in [0.25, 0.3) is 0 Å². The predicted molar refractivity (Wildman–Crippen MR) is 128 cm³/mol. The van der Waals surface area contributed by atoms with Crippen molar-refractivity contribution in [2.24, 2.45) is 0 Å². The third-order valence-electron chi connectivity index (χ3n) is 4.54. The summed E-state index contributed by atoms with van der Waals surface area (Å²) in [5.74, 6) is -1.98. The first-order valence-electron chi connectivity index (χ1n) is 10.1. The molecule has 1 heterocycles. The van der Waals surface area contributed by atoms with Gasteiger partial charge in [-0.25, -0.2) is 22.2 Å². The minimum atomic E-state index is -4.35. The Morgan fingerprint density at radius 3 is 2.55 bits per heavy atom. The Morgan fingerprint density at radius 2 is 1.82 bits per heavy atom. The molecule has 8 nitrogen and oxygen atoms in total. The maximum Gasteiger partial charge on any atom is 0.266 e. The van der Waals surface area contributed by atoms with Crippen LogP contribution in [-0.2, 0) is 16.4 Å². The van der Waals surface area contributed by atoms with Crippen molar-refractivity contribution in [3.63, 3.8) is 0 Å². The lowest BCUT2D eigenvalue weighted by Crippen LogP contribution is -2.22. The highest BCUT2D eigenvalue weighted by Gasteiger charge is 2.23. The first-order chi connectivity index (χ1) is 15.8. The number of nitrogens with one attached hydrogen (secondary N) is 4. The summed E-state index contributed by atoms with van der Waals surface area (Å²) in [7, 11) is -4.35. The number of halogens is 3. The molecule has 3 rings (SSSR count). The highest BCUT2D eigenvalue weighted by Crippen LogP contribution is 2.26. The van der Waals surface area contributed by atoms with E-state index in [1.165, 1.54) is 0 Å². The molecule has 2 aromatic carbocycles. The molecule has 0 bridgehead atoms. The molecule has 4 N–H and O–H groups in total. The quantitative estimate of drug-likeness (QED) is 0.270. The molecule has 0 saturated carbocycles. The Labute approximate surface area is 200 Å². The molecule has 0 unspecified atom stereocenters. The molecule has 0 radical (unpaired) electrons. The maximum absolute atomic E-state index is 14.6. The number of sulfonamides is 1. The number of hydrogen-bond donors (Lipinski definition) is 4. The minimum absolute atomic E-state index is 0.0464. The molecular formula is C20H23ClF2N6O2S2. The molecule has 0 spiro atoms. The first-order valence-corrected chi connectivity index (χ1v) is 12.7. The molecule has 0 saturated heterocycles. The summed E-state index contributed by atoms with van der Waals surface area (Å²) in [5, 5.41) is 9.89. The topological polar surface area (TPSA) is 108 Å². The largest absolute Gasteiger partial charge is 0.384 e. The molecule has 33 heavy (non-hydrogen) atoms. The number of rotatable bonds is 12. The highest BCUT2D eigenvalue weighted by molar-refractivity contribution is 7.93. The van der Waals surface area contributed by atoms with E-state index in [0.29, 0.717) is 24.1 Å². The minimum Gasteiger partial charge on any atom is -0.384 e. The molecule has 0 amide bonds. The standard InChI is InChI=1S/C20H23ClF2N6O2S2/c1-2-24-7-8-26-17-9-14(21)4-3-13(17)5-6-25-18-10-16(23)19(11-15(18)22)33(30,31)29-20-27-12-28-32-20/h3-4,9-12,24-26H,2,5-8H2,1H3,(H,27,28,29). The molecule has 0 atom stereocenters. The number of nitrogens with zero attached hydrogens (tertiary/aromatic N) is 2. The fraction of sp³-hybridized carbons (Fsp3) is 0.300. The van der Waals surface area contributed by atoms with E-state index in [2.05, 4.69) is 30.0 Å². The lowest BCUT2D eigenvalue weighted by atomic mass is 10.1. The second-order valence-electron chi connectivity index (χ2n) is 6.87. The van der Waals surface area contributed by atoms with Gasteiger partial charge in [0.25, 0.3) is 10.0 Å². The van der Waals surface area contributed by atoms with E-state index in [4.69, 9.17) is 11.6 Å². The maximum atomic E-state index is 14.6. The van der Waals surface area contributed by atoms with Crippen molar-refractivity contribution in [2.75, 3.05) is 41.5 Å². The Hall–Kier alpha value is -2.54. The van der Waals surface area contributed by atoms with Crippen LogP contribution in [0, 0.1) is 11.6 Å². The Morgan fingerprint density at radius 1 is 1.03 bits per heavy atom.